The van der Waals surface area contributed by atoms with Crippen LogP contribution in [0.4, 0.5) is 0 Å². The Kier molecular flexibility index (Phi) is 2.63. The van der Waals surface area contributed by atoms with Gasteiger partial charge in [-0.05, 0) is 24.6 Å². The van der Waals surface area contributed by atoms with Gasteiger partial charge in [0.25, 0.3) is 0 Å². The Hall–Kier alpha value is -1.74. The maximum Gasteiger partial charge on any atom is 0.208 e. The summed E-state index contributed by atoms with van der Waals surface area (Å²) in [4.78, 5) is 13.0. The molecule has 18 heavy (non-hydrogen) atoms. The third kappa shape index (κ3) is 1.71. The van der Waals surface area contributed by atoms with Crippen molar-refractivity contribution in [1.29, 1.82) is 0 Å². The molecule has 0 fully saturated rings. The summed E-state index contributed by atoms with van der Waals surface area (Å²) < 4.78 is 1.96. The van der Waals surface area contributed by atoms with Crippen LogP contribution >= 0.6 is 12.6 Å². The highest BCUT2D eigenvalue weighted by atomic mass is 32.1. The van der Waals surface area contributed by atoms with Gasteiger partial charge in [-0.3, -0.25) is 4.79 Å². The highest BCUT2D eigenvalue weighted by Gasteiger charge is 2.26. The van der Waals surface area contributed by atoms with Crippen molar-refractivity contribution in [1.82, 2.24) is 4.57 Å². The standard InChI is InChI=1S/C15H13NOS/c1-10-4-6-11(7-5-10)15(18)12-9-16-8-2-3-13(16)14(12)17/h2-8,18H,9H2,1H3/b15-12+. The van der Waals surface area contributed by atoms with E-state index in [1.165, 1.54) is 5.56 Å². The van der Waals surface area contributed by atoms with Crippen LogP contribution in [-0.4, -0.2) is 10.4 Å². The molecule has 0 N–H and O–H groups in total. The second-order valence-corrected chi connectivity index (χ2v) is 4.99. The summed E-state index contributed by atoms with van der Waals surface area (Å²) in [6, 6.07) is 11.8. The van der Waals surface area contributed by atoms with E-state index in [0.29, 0.717) is 6.54 Å². The lowest BCUT2D eigenvalue weighted by atomic mass is 10.1. The van der Waals surface area contributed by atoms with Gasteiger partial charge in [-0.2, -0.15) is 0 Å². The Labute approximate surface area is 111 Å². The van der Waals surface area contributed by atoms with E-state index in [9.17, 15) is 4.79 Å². The number of benzene rings is 1. The van der Waals surface area contributed by atoms with Gasteiger partial charge in [0, 0.05) is 16.7 Å². The smallest absolute Gasteiger partial charge is 0.208 e. The summed E-state index contributed by atoms with van der Waals surface area (Å²) in [5.41, 5.74) is 3.73. The van der Waals surface area contributed by atoms with Crippen LogP contribution in [0.25, 0.3) is 4.91 Å². The fraction of sp³-hybridized carbons (Fsp3) is 0.133. The molecule has 1 aliphatic heterocycles. The molecule has 0 amide bonds. The zero-order chi connectivity index (χ0) is 12.7. The molecule has 0 radical (unpaired) electrons. The number of fused-ring (bicyclic) bond motifs is 1. The number of rotatable bonds is 1. The van der Waals surface area contributed by atoms with Crippen LogP contribution in [-0.2, 0) is 6.54 Å². The van der Waals surface area contributed by atoms with Crippen LogP contribution in [0.3, 0.4) is 0 Å². The quantitative estimate of drug-likeness (QED) is 0.612. The normalized spacial score (nSPS) is 16.9. The summed E-state index contributed by atoms with van der Waals surface area (Å²) in [5, 5.41) is 0. The van der Waals surface area contributed by atoms with Crippen LogP contribution in [0.5, 0.6) is 0 Å². The SMILES string of the molecule is Cc1ccc(/C(S)=C2/Cn3cccc3C2=O)cc1. The monoisotopic (exact) mass is 255 g/mol. The zero-order valence-corrected chi connectivity index (χ0v) is 10.9. The minimum Gasteiger partial charge on any atom is -0.340 e. The largest absolute Gasteiger partial charge is 0.340 e. The van der Waals surface area contributed by atoms with Crippen molar-refractivity contribution in [2.45, 2.75) is 13.5 Å². The fourth-order valence-electron chi connectivity index (χ4n) is 2.22. The number of hydrogen-bond acceptors (Lipinski definition) is 2. The molecule has 0 spiro atoms. The summed E-state index contributed by atoms with van der Waals surface area (Å²) in [6.45, 7) is 2.66. The predicted molar refractivity (Wildman–Crippen MR) is 75.8 cm³/mol. The van der Waals surface area contributed by atoms with Gasteiger partial charge < -0.3 is 4.57 Å². The van der Waals surface area contributed by atoms with Crippen molar-refractivity contribution in [2.24, 2.45) is 0 Å². The first-order chi connectivity index (χ1) is 8.66. The van der Waals surface area contributed by atoms with Gasteiger partial charge in [0.05, 0.1) is 12.2 Å². The van der Waals surface area contributed by atoms with Crippen molar-refractivity contribution < 1.29 is 4.79 Å². The second-order valence-electron chi connectivity index (χ2n) is 4.54. The molecular formula is C15H13NOS. The minimum absolute atomic E-state index is 0.0885. The highest BCUT2D eigenvalue weighted by Crippen LogP contribution is 2.30. The molecule has 3 heteroatoms. The highest BCUT2D eigenvalue weighted by molar-refractivity contribution is 7.90. The van der Waals surface area contributed by atoms with E-state index in [4.69, 9.17) is 0 Å². The number of aryl methyl sites for hydroxylation is 1. The van der Waals surface area contributed by atoms with Crippen molar-refractivity contribution in [3.63, 3.8) is 0 Å². The number of thiol groups is 1. The first-order valence-electron chi connectivity index (χ1n) is 5.86. The number of ketones is 1. The van der Waals surface area contributed by atoms with Gasteiger partial charge in [0.1, 0.15) is 0 Å². The van der Waals surface area contributed by atoms with Gasteiger partial charge in [-0.1, -0.05) is 29.8 Å². The molecule has 2 nitrogen and oxygen atoms in total. The van der Waals surface area contributed by atoms with Gasteiger partial charge in [0.15, 0.2) is 0 Å². The number of hydrogen-bond donors (Lipinski definition) is 1. The number of carbonyl (C=O) groups excluding carboxylic acids is 1. The van der Waals surface area contributed by atoms with E-state index in [-0.39, 0.29) is 5.78 Å². The Balaban J connectivity index is 2.04. The maximum absolute atomic E-state index is 12.2. The average molecular weight is 255 g/mol. The summed E-state index contributed by atoms with van der Waals surface area (Å²) in [6.07, 6.45) is 1.93. The summed E-state index contributed by atoms with van der Waals surface area (Å²) in [5.74, 6) is 0.0885. The van der Waals surface area contributed by atoms with E-state index in [2.05, 4.69) is 12.6 Å². The molecule has 0 saturated heterocycles. The summed E-state index contributed by atoms with van der Waals surface area (Å²) in [7, 11) is 0. The van der Waals surface area contributed by atoms with Crippen molar-refractivity contribution in [2.75, 3.05) is 0 Å². The maximum atomic E-state index is 12.2. The molecule has 1 aromatic carbocycles. The first-order valence-corrected chi connectivity index (χ1v) is 6.30. The molecule has 2 aromatic rings. The van der Waals surface area contributed by atoms with Crippen LogP contribution in [0.2, 0.25) is 0 Å². The zero-order valence-electron chi connectivity index (χ0n) is 10.1. The first kappa shape index (κ1) is 11.4. The number of aromatic nitrogens is 1. The lowest BCUT2D eigenvalue weighted by Crippen LogP contribution is -1.97. The molecule has 1 aliphatic rings. The molecule has 0 aliphatic carbocycles. The topological polar surface area (TPSA) is 22.0 Å². The molecule has 1 aromatic heterocycles. The molecule has 0 saturated carbocycles. The number of allylic oxidation sites excluding steroid dienone is 1. The van der Waals surface area contributed by atoms with Crippen LogP contribution in [0.1, 0.15) is 21.6 Å². The van der Waals surface area contributed by atoms with E-state index in [1.807, 2.05) is 54.1 Å². The van der Waals surface area contributed by atoms with E-state index < -0.39 is 0 Å². The lowest BCUT2D eigenvalue weighted by molar-refractivity contribution is 0.103. The molecule has 0 bridgehead atoms. The number of carbonyl (C=O) groups is 1. The van der Waals surface area contributed by atoms with E-state index in [0.717, 1.165) is 21.7 Å². The Morgan fingerprint density at radius 1 is 1.22 bits per heavy atom. The molecule has 0 atom stereocenters. The Morgan fingerprint density at radius 2 is 1.94 bits per heavy atom. The van der Waals surface area contributed by atoms with E-state index in [1.54, 1.807) is 0 Å². The molecule has 3 rings (SSSR count). The van der Waals surface area contributed by atoms with Crippen LogP contribution in [0, 0.1) is 6.92 Å². The molecule has 2 heterocycles. The Morgan fingerprint density at radius 3 is 2.61 bits per heavy atom. The molecule has 90 valence electrons. The van der Waals surface area contributed by atoms with Gasteiger partial charge in [0.2, 0.25) is 5.78 Å². The third-order valence-electron chi connectivity index (χ3n) is 3.28. The van der Waals surface area contributed by atoms with Gasteiger partial charge in [-0.15, -0.1) is 12.6 Å². The van der Waals surface area contributed by atoms with Gasteiger partial charge in [-0.25, -0.2) is 0 Å². The van der Waals surface area contributed by atoms with Gasteiger partial charge >= 0.3 is 0 Å². The third-order valence-corrected chi connectivity index (χ3v) is 3.80. The molecule has 0 unspecified atom stereocenters. The molecular weight excluding hydrogens is 242 g/mol. The fourth-order valence-corrected chi connectivity index (χ4v) is 2.54. The van der Waals surface area contributed by atoms with Crippen molar-refractivity contribution in [3.05, 3.63) is 65.0 Å². The Bertz CT molecular complexity index is 649. The summed E-state index contributed by atoms with van der Waals surface area (Å²) >= 11 is 4.53. The average Bonchev–Trinajstić information content (AvgIpc) is 2.93. The predicted octanol–water partition coefficient (Wildman–Crippen LogP) is 3.33. The van der Waals surface area contributed by atoms with E-state index >= 15 is 0 Å². The van der Waals surface area contributed by atoms with Crippen LogP contribution < -0.4 is 0 Å². The number of nitrogens with zero attached hydrogens (tertiary/aromatic N) is 1. The van der Waals surface area contributed by atoms with Crippen LogP contribution in [0.15, 0.2) is 48.2 Å². The number of Topliss-reactive ketones (excluding diaryl/α,β-unsaturated/α-hetero) is 1. The van der Waals surface area contributed by atoms with Crippen molar-refractivity contribution in [3.8, 4) is 0 Å². The minimum atomic E-state index is 0.0885. The lowest BCUT2D eigenvalue weighted by Gasteiger charge is -2.05. The van der Waals surface area contributed by atoms with Crippen molar-refractivity contribution >= 4 is 23.3 Å². The second kappa shape index (κ2) is 4.18.